The Bertz CT molecular complexity index is 1030. The predicted molar refractivity (Wildman–Crippen MR) is 114 cm³/mol. The molecule has 5 rings (SSSR count). The molecule has 6 heteroatoms. The van der Waals surface area contributed by atoms with Gasteiger partial charge in [-0.15, -0.1) is 0 Å². The molecule has 2 amide bonds. The van der Waals surface area contributed by atoms with Crippen LogP contribution in [0.25, 0.3) is 0 Å². The Kier molecular flexibility index (Phi) is 4.50. The molecule has 0 N–H and O–H groups in total. The fourth-order valence-corrected chi connectivity index (χ4v) is 4.61. The smallest absolute Gasteiger partial charge is 0.254 e. The maximum Gasteiger partial charge on any atom is 0.254 e. The molecule has 0 radical (unpaired) electrons. The molecule has 4 heterocycles. The molecule has 0 atom stereocenters. The van der Waals surface area contributed by atoms with Gasteiger partial charge in [-0.1, -0.05) is 0 Å². The summed E-state index contributed by atoms with van der Waals surface area (Å²) in [4.78, 5) is 29.8. The summed E-state index contributed by atoms with van der Waals surface area (Å²) in [5, 5.41) is 0. The molecule has 2 aromatic heterocycles. The molecule has 30 heavy (non-hydrogen) atoms. The highest BCUT2D eigenvalue weighted by Gasteiger charge is 2.25. The molecule has 6 nitrogen and oxygen atoms in total. The van der Waals surface area contributed by atoms with Gasteiger partial charge in [-0.25, -0.2) is 0 Å². The number of aryl methyl sites for hydroxylation is 2. The third kappa shape index (κ3) is 3.12. The van der Waals surface area contributed by atoms with Crippen molar-refractivity contribution in [3.63, 3.8) is 0 Å². The van der Waals surface area contributed by atoms with Gasteiger partial charge in [0, 0.05) is 62.1 Å². The second-order valence-electron chi connectivity index (χ2n) is 8.33. The molecule has 3 aromatic rings. The van der Waals surface area contributed by atoms with Crippen molar-refractivity contribution in [1.82, 2.24) is 18.9 Å². The van der Waals surface area contributed by atoms with Crippen LogP contribution >= 0.6 is 0 Å². The van der Waals surface area contributed by atoms with Crippen LogP contribution in [-0.4, -0.2) is 43.8 Å². The lowest BCUT2D eigenvalue weighted by atomic mass is 10.0. The van der Waals surface area contributed by atoms with Gasteiger partial charge in [0.1, 0.15) is 0 Å². The van der Waals surface area contributed by atoms with Gasteiger partial charge in [0.05, 0.1) is 13.1 Å². The van der Waals surface area contributed by atoms with Crippen LogP contribution in [0, 0.1) is 0 Å². The number of rotatable bonds is 2. The number of carbonyl (C=O) groups excluding carboxylic acids is 2. The molecule has 1 aromatic carbocycles. The van der Waals surface area contributed by atoms with Crippen LogP contribution < -0.4 is 0 Å². The van der Waals surface area contributed by atoms with Crippen molar-refractivity contribution in [2.24, 2.45) is 14.1 Å². The zero-order valence-electron chi connectivity index (χ0n) is 17.5. The lowest BCUT2D eigenvalue weighted by Crippen LogP contribution is -2.37. The Balaban J connectivity index is 1.29. The van der Waals surface area contributed by atoms with Gasteiger partial charge in [0.15, 0.2) is 0 Å². The number of hydrogen-bond acceptors (Lipinski definition) is 2. The van der Waals surface area contributed by atoms with Crippen LogP contribution in [0.5, 0.6) is 0 Å². The fraction of sp³-hybridized carbons (Fsp3) is 0.333. The first-order chi connectivity index (χ1) is 14.5. The van der Waals surface area contributed by atoms with Crippen molar-refractivity contribution in [2.75, 3.05) is 13.1 Å². The minimum atomic E-state index is 0.0206. The molecule has 0 saturated carbocycles. The Morgan fingerprint density at radius 3 is 1.47 bits per heavy atom. The van der Waals surface area contributed by atoms with E-state index in [0.717, 1.165) is 25.9 Å². The normalized spacial score (nSPS) is 15.7. The second kappa shape index (κ2) is 7.20. The number of fused-ring (bicyclic) bond motifs is 2. The molecule has 0 fully saturated rings. The quantitative estimate of drug-likeness (QED) is 0.662. The highest BCUT2D eigenvalue weighted by Crippen LogP contribution is 2.23. The van der Waals surface area contributed by atoms with E-state index in [9.17, 15) is 9.59 Å². The molecule has 0 unspecified atom stereocenters. The predicted octanol–water partition coefficient (Wildman–Crippen LogP) is 2.76. The Morgan fingerprint density at radius 1 is 0.667 bits per heavy atom. The number of carbonyl (C=O) groups is 2. The van der Waals surface area contributed by atoms with Crippen LogP contribution in [0.4, 0.5) is 0 Å². The lowest BCUT2D eigenvalue weighted by Gasteiger charge is -2.29. The van der Waals surface area contributed by atoms with Gasteiger partial charge in [-0.3, -0.25) is 9.59 Å². The zero-order chi connectivity index (χ0) is 20.8. The van der Waals surface area contributed by atoms with Crippen LogP contribution in [0.15, 0.2) is 48.8 Å². The lowest BCUT2D eigenvalue weighted by molar-refractivity contribution is 0.0719. The average molecular weight is 402 g/mol. The number of aromatic nitrogens is 2. The van der Waals surface area contributed by atoms with Gasteiger partial charge in [0.2, 0.25) is 0 Å². The van der Waals surface area contributed by atoms with E-state index in [1.165, 1.54) is 22.5 Å². The molecular weight excluding hydrogens is 376 g/mol. The van der Waals surface area contributed by atoms with E-state index >= 15 is 0 Å². The van der Waals surface area contributed by atoms with E-state index in [4.69, 9.17) is 0 Å². The highest BCUT2D eigenvalue weighted by molar-refractivity contribution is 5.98. The molecule has 0 bridgehead atoms. The van der Waals surface area contributed by atoms with E-state index in [2.05, 4.69) is 33.7 Å². The van der Waals surface area contributed by atoms with Crippen molar-refractivity contribution in [3.05, 3.63) is 82.4 Å². The summed E-state index contributed by atoms with van der Waals surface area (Å²) in [5.41, 5.74) is 6.31. The number of nitrogens with zero attached hydrogens (tertiary/aromatic N) is 4. The summed E-state index contributed by atoms with van der Waals surface area (Å²) < 4.78 is 4.18. The summed E-state index contributed by atoms with van der Waals surface area (Å²) in [6.07, 6.45) is 5.87. The van der Waals surface area contributed by atoms with Gasteiger partial charge in [0.25, 0.3) is 11.8 Å². The molecule has 154 valence electrons. The summed E-state index contributed by atoms with van der Waals surface area (Å²) in [6, 6.07) is 11.4. The number of benzene rings is 1. The van der Waals surface area contributed by atoms with Crippen molar-refractivity contribution in [1.29, 1.82) is 0 Å². The SMILES string of the molecule is Cn1ccc2c1CN(C(=O)c1ccc(C(=O)N3CCc4ccn(C)c4C3)cc1)CC2. The maximum absolute atomic E-state index is 13.0. The molecule has 0 spiro atoms. The fourth-order valence-electron chi connectivity index (χ4n) is 4.61. The van der Waals surface area contributed by atoms with Gasteiger partial charge >= 0.3 is 0 Å². The first-order valence-electron chi connectivity index (χ1n) is 10.5. The summed E-state index contributed by atoms with van der Waals surface area (Å²) >= 11 is 0. The Morgan fingerprint density at radius 2 is 1.07 bits per heavy atom. The monoisotopic (exact) mass is 402 g/mol. The second-order valence-corrected chi connectivity index (χ2v) is 8.33. The molecule has 2 aliphatic heterocycles. The topological polar surface area (TPSA) is 50.5 Å². The zero-order valence-corrected chi connectivity index (χ0v) is 17.5. The number of amides is 2. The largest absolute Gasteiger partial charge is 0.353 e. The molecular formula is C24H26N4O2. The van der Waals surface area contributed by atoms with E-state index in [1.807, 2.05) is 23.9 Å². The molecule has 0 saturated heterocycles. The van der Waals surface area contributed by atoms with E-state index < -0.39 is 0 Å². The third-order valence-electron chi connectivity index (χ3n) is 6.53. The van der Waals surface area contributed by atoms with E-state index in [0.29, 0.717) is 24.2 Å². The van der Waals surface area contributed by atoms with Gasteiger partial charge in [-0.05, 0) is 60.4 Å². The first kappa shape index (κ1) is 18.7. The summed E-state index contributed by atoms with van der Waals surface area (Å²) in [5.74, 6) is 0.0412. The van der Waals surface area contributed by atoms with Crippen LogP contribution in [0.3, 0.4) is 0 Å². The maximum atomic E-state index is 13.0. The first-order valence-corrected chi connectivity index (χ1v) is 10.5. The van der Waals surface area contributed by atoms with E-state index in [-0.39, 0.29) is 11.8 Å². The van der Waals surface area contributed by atoms with Crippen molar-refractivity contribution in [2.45, 2.75) is 25.9 Å². The van der Waals surface area contributed by atoms with Crippen molar-refractivity contribution in [3.8, 4) is 0 Å². The summed E-state index contributed by atoms with van der Waals surface area (Å²) in [6.45, 7) is 2.71. The Hall–Kier alpha value is -3.28. The number of hydrogen-bond donors (Lipinski definition) is 0. The average Bonchev–Trinajstić information content (AvgIpc) is 3.35. The minimum absolute atomic E-state index is 0.0206. The van der Waals surface area contributed by atoms with Crippen molar-refractivity contribution >= 4 is 11.8 Å². The molecule has 2 aliphatic rings. The van der Waals surface area contributed by atoms with Crippen LogP contribution in [0.1, 0.15) is 43.2 Å². The summed E-state index contributed by atoms with van der Waals surface area (Å²) in [7, 11) is 4.04. The minimum Gasteiger partial charge on any atom is -0.353 e. The Labute approximate surface area is 176 Å². The highest BCUT2D eigenvalue weighted by atomic mass is 16.2. The molecule has 0 aliphatic carbocycles. The van der Waals surface area contributed by atoms with Gasteiger partial charge in [-0.2, -0.15) is 0 Å². The standard InChI is InChI=1S/C24H26N4O2/c1-25-11-7-17-9-13-27(15-21(17)25)23(29)19-3-5-20(6-4-19)24(30)28-14-10-18-8-12-26(2)22(18)16-28/h3-8,11-12H,9-10,13-16H2,1-2H3. The van der Waals surface area contributed by atoms with E-state index in [1.54, 1.807) is 24.3 Å². The van der Waals surface area contributed by atoms with Crippen molar-refractivity contribution < 1.29 is 9.59 Å². The van der Waals surface area contributed by atoms with Crippen LogP contribution in [-0.2, 0) is 40.0 Å². The van der Waals surface area contributed by atoms with Gasteiger partial charge < -0.3 is 18.9 Å². The third-order valence-corrected chi connectivity index (χ3v) is 6.53. The van der Waals surface area contributed by atoms with Crippen LogP contribution in [0.2, 0.25) is 0 Å².